The molecule has 0 unspecified atom stereocenters. The molecule has 0 spiro atoms. The number of aliphatic hydroxyl groups excluding tert-OH is 1. The lowest BCUT2D eigenvalue weighted by Crippen LogP contribution is -2.16. The molecule has 0 amide bonds. The Labute approximate surface area is 102 Å². The number of hydrogen-bond donors (Lipinski definition) is 2. The number of nitrogens with one attached hydrogen (secondary N) is 1. The van der Waals surface area contributed by atoms with Crippen molar-refractivity contribution < 1.29 is 5.11 Å². The van der Waals surface area contributed by atoms with Crippen molar-refractivity contribution in [3.63, 3.8) is 0 Å². The van der Waals surface area contributed by atoms with Crippen LogP contribution in [0.3, 0.4) is 0 Å². The van der Waals surface area contributed by atoms with E-state index in [4.69, 9.17) is 5.11 Å². The predicted octanol–water partition coefficient (Wildman–Crippen LogP) is 0.415. The van der Waals surface area contributed by atoms with E-state index >= 15 is 0 Å². The SMILES string of the molecule is O=c1[nH]ncn1Cc1cc(C#CCCO)cs1. The third-order valence-electron chi connectivity index (χ3n) is 2.07. The summed E-state index contributed by atoms with van der Waals surface area (Å²) in [6.45, 7) is 0.579. The van der Waals surface area contributed by atoms with Gasteiger partial charge in [0.25, 0.3) is 0 Å². The maximum Gasteiger partial charge on any atom is 0.343 e. The van der Waals surface area contributed by atoms with Crippen molar-refractivity contribution in [1.82, 2.24) is 14.8 Å². The van der Waals surface area contributed by atoms with E-state index in [0.29, 0.717) is 13.0 Å². The molecule has 0 radical (unpaired) electrons. The lowest BCUT2D eigenvalue weighted by molar-refractivity contribution is 0.305. The lowest BCUT2D eigenvalue weighted by atomic mass is 10.3. The van der Waals surface area contributed by atoms with Crippen LogP contribution in [0.2, 0.25) is 0 Å². The quantitative estimate of drug-likeness (QED) is 0.774. The molecule has 2 aromatic rings. The highest BCUT2D eigenvalue weighted by Crippen LogP contribution is 2.14. The summed E-state index contributed by atoms with van der Waals surface area (Å²) in [5, 5.41) is 16.5. The van der Waals surface area contributed by atoms with E-state index in [0.717, 1.165) is 10.4 Å². The van der Waals surface area contributed by atoms with Gasteiger partial charge in [0.2, 0.25) is 0 Å². The summed E-state index contributed by atoms with van der Waals surface area (Å²) >= 11 is 1.55. The second kappa shape index (κ2) is 5.48. The molecule has 2 rings (SSSR count). The van der Waals surface area contributed by atoms with E-state index in [2.05, 4.69) is 22.0 Å². The maximum absolute atomic E-state index is 11.2. The number of rotatable bonds is 3. The highest BCUT2D eigenvalue weighted by atomic mass is 32.1. The summed E-state index contributed by atoms with van der Waals surface area (Å²) in [6.07, 6.45) is 1.95. The number of aliphatic hydroxyl groups is 1. The Morgan fingerprint density at radius 2 is 2.47 bits per heavy atom. The molecule has 6 heteroatoms. The van der Waals surface area contributed by atoms with Gasteiger partial charge in [-0.2, -0.15) is 5.10 Å². The molecule has 0 atom stereocenters. The number of nitrogens with zero attached hydrogens (tertiary/aromatic N) is 2. The standard InChI is InChI=1S/C11H11N3O2S/c15-4-2-1-3-9-5-10(17-7-9)6-14-8-12-13-11(14)16/h5,7-8,15H,2,4,6H2,(H,13,16). The average molecular weight is 249 g/mol. The number of hydrogen-bond acceptors (Lipinski definition) is 4. The van der Waals surface area contributed by atoms with Crippen LogP contribution >= 0.6 is 11.3 Å². The molecular formula is C11H11N3O2S. The zero-order valence-electron chi connectivity index (χ0n) is 9.01. The van der Waals surface area contributed by atoms with Crippen molar-refractivity contribution in [3.8, 4) is 11.8 Å². The molecule has 0 fully saturated rings. The summed E-state index contributed by atoms with van der Waals surface area (Å²) in [7, 11) is 0. The van der Waals surface area contributed by atoms with Crippen LogP contribution in [0.5, 0.6) is 0 Å². The van der Waals surface area contributed by atoms with Gasteiger partial charge >= 0.3 is 5.69 Å². The Kier molecular flexibility index (Phi) is 3.75. The molecule has 2 heterocycles. The van der Waals surface area contributed by atoms with Gasteiger partial charge in [-0.3, -0.25) is 4.57 Å². The molecule has 2 aromatic heterocycles. The highest BCUT2D eigenvalue weighted by Gasteiger charge is 2.01. The van der Waals surface area contributed by atoms with E-state index in [9.17, 15) is 4.79 Å². The zero-order valence-corrected chi connectivity index (χ0v) is 9.83. The molecule has 0 aliphatic rings. The summed E-state index contributed by atoms with van der Waals surface area (Å²) in [4.78, 5) is 12.3. The Morgan fingerprint density at radius 3 is 3.18 bits per heavy atom. The van der Waals surface area contributed by atoms with E-state index in [-0.39, 0.29) is 12.3 Å². The van der Waals surface area contributed by atoms with E-state index in [1.165, 1.54) is 10.9 Å². The first-order valence-electron chi connectivity index (χ1n) is 5.06. The van der Waals surface area contributed by atoms with Crippen LogP contribution in [-0.4, -0.2) is 26.5 Å². The average Bonchev–Trinajstić information content (AvgIpc) is 2.91. The number of aromatic amines is 1. The first-order valence-corrected chi connectivity index (χ1v) is 5.94. The highest BCUT2D eigenvalue weighted by molar-refractivity contribution is 7.10. The smallest absolute Gasteiger partial charge is 0.343 e. The first-order chi connectivity index (χ1) is 8.29. The normalized spacial score (nSPS) is 9.94. The molecule has 2 N–H and O–H groups in total. The second-order valence-electron chi connectivity index (χ2n) is 3.37. The van der Waals surface area contributed by atoms with Crippen LogP contribution in [0, 0.1) is 11.8 Å². The Bertz CT molecular complexity index is 600. The van der Waals surface area contributed by atoms with Gasteiger partial charge < -0.3 is 5.11 Å². The van der Waals surface area contributed by atoms with Crippen molar-refractivity contribution in [1.29, 1.82) is 0 Å². The summed E-state index contributed by atoms with van der Waals surface area (Å²) in [6, 6.07) is 1.94. The van der Waals surface area contributed by atoms with Crippen molar-refractivity contribution in [2.45, 2.75) is 13.0 Å². The molecule has 0 aromatic carbocycles. The molecule has 0 aliphatic heterocycles. The van der Waals surface area contributed by atoms with Crippen LogP contribution < -0.4 is 5.69 Å². The fourth-order valence-corrected chi connectivity index (χ4v) is 2.11. The van der Waals surface area contributed by atoms with E-state index < -0.39 is 0 Å². The molecule has 0 aliphatic carbocycles. The van der Waals surface area contributed by atoms with Crippen LogP contribution in [0.4, 0.5) is 0 Å². The molecule has 5 nitrogen and oxygen atoms in total. The number of thiophene rings is 1. The minimum Gasteiger partial charge on any atom is -0.395 e. The molecule has 17 heavy (non-hydrogen) atoms. The predicted molar refractivity (Wildman–Crippen MR) is 64.8 cm³/mol. The van der Waals surface area contributed by atoms with Crippen molar-refractivity contribution in [3.05, 3.63) is 38.7 Å². The van der Waals surface area contributed by atoms with E-state index in [1.54, 1.807) is 11.3 Å². The van der Waals surface area contributed by atoms with Crippen LogP contribution in [0.25, 0.3) is 0 Å². The fourth-order valence-electron chi connectivity index (χ4n) is 1.30. The van der Waals surface area contributed by atoms with Gasteiger partial charge in [-0.05, 0) is 6.07 Å². The molecule has 0 saturated heterocycles. The molecule has 0 saturated carbocycles. The largest absolute Gasteiger partial charge is 0.395 e. The monoisotopic (exact) mass is 249 g/mol. The Hall–Kier alpha value is -1.84. The van der Waals surface area contributed by atoms with Crippen molar-refractivity contribution >= 4 is 11.3 Å². The number of H-pyrrole nitrogens is 1. The first kappa shape index (κ1) is 11.6. The van der Waals surface area contributed by atoms with Crippen molar-refractivity contribution in [2.24, 2.45) is 0 Å². The third-order valence-corrected chi connectivity index (χ3v) is 2.99. The molecular weight excluding hydrogens is 238 g/mol. The topological polar surface area (TPSA) is 70.9 Å². The number of aromatic nitrogens is 3. The third kappa shape index (κ3) is 3.06. The van der Waals surface area contributed by atoms with Crippen LogP contribution in [0.15, 0.2) is 22.6 Å². The van der Waals surface area contributed by atoms with Gasteiger partial charge in [0.05, 0.1) is 13.2 Å². The van der Waals surface area contributed by atoms with Gasteiger partial charge in [-0.25, -0.2) is 9.89 Å². The van der Waals surface area contributed by atoms with Gasteiger partial charge in [0.1, 0.15) is 6.33 Å². The van der Waals surface area contributed by atoms with Crippen LogP contribution in [0.1, 0.15) is 16.9 Å². The molecule has 0 bridgehead atoms. The fraction of sp³-hybridized carbons (Fsp3) is 0.273. The van der Waals surface area contributed by atoms with Gasteiger partial charge in [-0.1, -0.05) is 11.8 Å². The Balaban J connectivity index is 2.07. The second-order valence-corrected chi connectivity index (χ2v) is 4.36. The van der Waals surface area contributed by atoms with E-state index in [1.807, 2.05) is 11.4 Å². The van der Waals surface area contributed by atoms with Crippen LogP contribution in [-0.2, 0) is 6.54 Å². The summed E-state index contributed by atoms with van der Waals surface area (Å²) in [5.41, 5.74) is 0.696. The minimum absolute atomic E-state index is 0.0778. The van der Waals surface area contributed by atoms with Crippen molar-refractivity contribution in [2.75, 3.05) is 6.61 Å². The molecule has 88 valence electrons. The minimum atomic E-state index is -0.216. The Morgan fingerprint density at radius 1 is 1.59 bits per heavy atom. The van der Waals surface area contributed by atoms with Gasteiger partial charge in [-0.15, -0.1) is 11.3 Å². The lowest BCUT2D eigenvalue weighted by Gasteiger charge is -1.94. The summed E-state index contributed by atoms with van der Waals surface area (Å²) in [5.74, 6) is 5.80. The van der Waals surface area contributed by atoms with Gasteiger partial charge in [0.15, 0.2) is 0 Å². The summed E-state index contributed by atoms with van der Waals surface area (Å²) < 4.78 is 1.50. The van der Waals surface area contributed by atoms with Gasteiger partial charge in [0, 0.05) is 22.2 Å². The maximum atomic E-state index is 11.2. The zero-order chi connectivity index (χ0) is 12.1.